The summed E-state index contributed by atoms with van der Waals surface area (Å²) in [5, 5.41) is 14.0. The van der Waals surface area contributed by atoms with Gasteiger partial charge in [0.1, 0.15) is 5.60 Å². The van der Waals surface area contributed by atoms with Crippen LogP contribution in [0.15, 0.2) is 54.6 Å². The number of tetrazole rings is 1. The van der Waals surface area contributed by atoms with Crippen LogP contribution >= 0.6 is 0 Å². The van der Waals surface area contributed by atoms with Gasteiger partial charge in [-0.1, -0.05) is 24.3 Å². The van der Waals surface area contributed by atoms with Gasteiger partial charge in [0.05, 0.1) is 11.3 Å². The summed E-state index contributed by atoms with van der Waals surface area (Å²) < 4.78 is 12.0. The summed E-state index contributed by atoms with van der Waals surface area (Å²) in [4.78, 5) is 24.3. The van der Waals surface area contributed by atoms with Crippen molar-refractivity contribution in [3.63, 3.8) is 0 Å². The fourth-order valence-electron chi connectivity index (χ4n) is 2.42. The van der Waals surface area contributed by atoms with Crippen molar-refractivity contribution in [2.45, 2.75) is 33.0 Å². The SMILES string of the molecule is CC(C)(C)OC(=O)Nc1cccc(C(=O)OCc2nnnn2-c2ccccc2)c1. The van der Waals surface area contributed by atoms with Crippen LogP contribution in [0.2, 0.25) is 0 Å². The number of hydrogen-bond donors (Lipinski definition) is 1. The van der Waals surface area contributed by atoms with Crippen molar-refractivity contribution in [3.8, 4) is 5.69 Å². The molecule has 0 radical (unpaired) electrons. The smallest absolute Gasteiger partial charge is 0.412 e. The minimum absolute atomic E-state index is 0.107. The van der Waals surface area contributed by atoms with Gasteiger partial charge in [-0.3, -0.25) is 5.32 Å². The maximum absolute atomic E-state index is 12.4. The van der Waals surface area contributed by atoms with Gasteiger partial charge in [-0.05, 0) is 61.5 Å². The molecule has 0 saturated carbocycles. The number of nitrogens with zero attached hydrogens (tertiary/aromatic N) is 4. The maximum atomic E-state index is 12.4. The van der Waals surface area contributed by atoms with E-state index in [0.29, 0.717) is 11.5 Å². The van der Waals surface area contributed by atoms with Crippen molar-refractivity contribution in [2.75, 3.05) is 5.32 Å². The van der Waals surface area contributed by atoms with Gasteiger partial charge in [0, 0.05) is 5.69 Å². The predicted octanol–water partition coefficient (Wildman–Crippen LogP) is 3.37. The molecular formula is C20H21N5O4. The summed E-state index contributed by atoms with van der Waals surface area (Å²) in [5.74, 6) is -0.187. The number of esters is 1. The molecule has 0 bridgehead atoms. The Balaban J connectivity index is 1.64. The molecule has 1 amide bonds. The molecule has 0 aliphatic rings. The van der Waals surface area contributed by atoms with E-state index >= 15 is 0 Å². The van der Waals surface area contributed by atoms with E-state index in [2.05, 4.69) is 20.8 Å². The van der Waals surface area contributed by atoms with Gasteiger partial charge < -0.3 is 9.47 Å². The van der Waals surface area contributed by atoms with Gasteiger partial charge >= 0.3 is 12.1 Å². The lowest BCUT2D eigenvalue weighted by atomic mass is 10.2. The quantitative estimate of drug-likeness (QED) is 0.660. The zero-order valence-corrected chi connectivity index (χ0v) is 16.3. The van der Waals surface area contributed by atoms with E-state index in [1.807, 2.05) is 30.3 Å². The molecule has 1 aromatic heterocycles. The molecule has 1 heterocycles. The fraction of sp³-hybridized carbons (Fsp3) is 0.250. The number of nitrogens with one attached hydrogen (secondary N) is 1. The van der Waals surface area contributed by atoms with Gasteiger partial charge in [0.2, 0.25) is 0 Å². The lowest BCUT2D eigenvalue weighted by molar-refractivity contribution is 0.0458. The number of para-hydroxylation sites is 1. The minimum Gasteiger partial charge on any atom is -0.454 e. The highest BCUT2D eigenvalue weighted by Crippen LogP contribution is 2.15. The molecule has 0 saturated heterocycles. The minimum atomic E-state index is -0.622. The van der Waals surface area contributed by atoms with Crippen LogP contribution in [0, 0.1) is 0 Å². The van der Waals surface area contributed by atoms with Gasteiger partial charge in [-0.25, -0.2) is 9.59 Å². The molecule has 0 spiro atoms. The van der Waals surface area contributed by atoms with Crippen molar-refractivity contribution in [1.29, 1.82) is 0 Å². The molecule has 2 aromatic carbocycles. The first kappa shape index (κ1) is 20.0. The molecule has 9 nitrogen and oxygen atoms in total. The number of aromatic nitrogens is 4. The average Bonchev–Trinajstić information content (AvgIpc) is 3.14. The number of benzene rings is 2. The van der Waals surface area contributed by atoms with Crippen LogP contribution in [-0.2, 0) is 16.1 Å². The molecule has 9 heteroatoms. The van der Waals surface area contributed by atoms with E-state index in [9.17, 15) is 9.59 Å². The highest BCUT2D eigenvalue weighted by molar-refractivity contribution is 5.92. The number of carbonyl (C=O) groups excluding carboxylic acids is 2. The zero-order chi connectivity index (χ0) is 20.9. The van der Waals surface area contributed by atoms with E-state index in [4.69, 9.17) is 9.47 Å². The van der Waals surface area contributed by atoms with Crippen molar-refractivity contribution < 1.29 is 19.1 Å². The summed E-state index contributed by atoms with van der Waals surface area (Å²) in [6.45, 7) is 5.20. The third kappa shape index (κ3) is 5.61. The number of carbonyl (C=O) groups is 2. The number of ether oxygens (including phenoxy) is 2. The Morgan fingerprint density at radius 2 is 1.83 bits per heavy atom. The summed E-state index contributed by atoms with van der Waals surface area (Å²) in [6.07, 6.45) is -0.606. The Hall–Kier alpha value is -3.75. The van der Waals surface area contributed by atoms with E-state index in [-0.39, 0.29) is 12.2 Å². The molecule has 0 aliphatic carbocycles. The van der Waals surface area contributed by atoms with Crippen LogP contribution in [0.3, 0.4) is 0 Å². The summed E-state index contributed by atoms with van der Waals surface area (Å²) in [5.41, 5.74) is 0.829. The molecule has 29 heavy (non-hydrogen) atoms. The number of hydrogen-bond acceptors (Lipinski definition) is 7. The van der Waals surface area contributed by atoms with Crippen LogP contribution < -0.4 is 5.32 Å². The second-order valence-electron chi connectivity index (χ2n) is 7.13. The largest absolute Gasteiger partial charge is 0.454 e. The monoisotopic (exact) mass is 395 g/mol. The van der Waals surface area contributed by atoms with Gasteiger partial charge in [-0.2, -0.15) is 4.68 Å². The van der Waals surface area contributed by atoms with Crippen molar-refractivity contribution in [3.05, 3.63) is 66.0 Å². The fourth-order valence-corrected chi connectivity index (χ4v) is 2.42. The third-order valence-electron chi connectivity index (χ3n) is 3.61. The molecule has 150 valence electrons. The molecule has 0 atom stereocenters. The highest BCUT2D eigenvalue weighted by atomic mass is 16.6. The Bertz CT molecular complexity index is 995. The first-order valence-corrected chi connectivity index (χ1v) is 8.92. The van der Waals surface area contributed by atoms with Crippen LogP contribution in [0.1, 0.15) is 37.0 Å². The molecule has 1 N–H and O–H groups in total. The number of rotatable bonds is 5. The molecular weight excluding hydrogens is 374 g/mol. The van der Waals surface area contributed by atoms with Crippen LogP contribution in [-0.4, -0.2) is 37.9 Å². The van der Waals surface area contributed by atoms with Crippen molar-refractivity contribution in [1.82, 2.24) is 20.2 Å². The second-order valence-corrected chi connectivity index (χ2v) is 7.13. The van der Waals surface area contributed by atoms with Gasteiger partial charge in [0.15, 0.2) is 12.4 Å². The lowest BCUT2D eigenvalue weighted by Crippen LogP contribution is -2.27. The Morgan fingerprint density at radius 1 is 1.07 bits per heavy atom. The summed E-state index contributed by atoms with van der Waals surface area (Å²) in [6, 6.07) is 15.7. The molecule has 0 fully saturated rings. The van der Waals surface area contributed by atoms with E-state index in [0.717, 1.165) is 5.69 Å². The topological polar surface area (TPSA) is 108 Å². The standard InChI is InChI=1S/C20H21N5O4/c1-20(2,3)29-19(27)21-15-9-7-8-14(12-15)18(26)28-13-17-22-23-24-25(17)16-10-5-4-6-11-16/h4-12H,13H2,1-3H3,(H,21,27). The summed E-state index contributed by atoms with van der Waals surface area (Å²) in [7, 11) is 0. The van der Waals surface area contributed by atoms with Crippen LogP contribution in [0.5, 0.6) is 0 Å². The number of anilines is 1. The van der Waals surface area contributed by atoms with Crippen molar-refractivity contribution in [2.24, 2.45) is 0 Å². The van der Waals surface area contributed by atoms with E-state index < -0.39 is 17.7 Å². The van der Waals surface area contributed by atoms with Crippen LogP contribution in [0.25, 0.3) is 5.69 Å². The molecule has 0 unspecified atom stereocenters. The predicted molar refractivity (Wildman–Crippen MR) is 105 cm³/mol. The molecule has 0 aliphatic heterocycles. The lowest BCUT2D eigenvalue weighted by Gasteiger charge is -2.19. The molecule has 3 rings (SSSR count). The zero-order valence-electron chi connectivity index (χ0n) is 16.3. The Kier molecular flexibility index (Phi) is 5.87. The highest BCUT2D eigenvalue weighted by Gasteiger charge is 2.17. The first-order chi connectivity index (χ1) is 13.8. The van der Waals surface area contributed by atoms with Crippen LogP contribution in [0.4, 0.5) is 10.5 Å². The molecule has 3 aromatic rings. The summed E-state index contributed by atoms with van der Waals surface area (Å²) >= 11 is 0. The number of amides is 1. The Labute approximate surface area is 167 Å². The van der Waals surface area contributed by atoms with Gasteiger partial charge in [-0.15, -0.1) is 5.10 Å². The van der Waals surface area contributed by atoms with Gasteiger partial charge in [0.25, 0.3) is 0 Å². The third-order valence-corrected chi connectivity index (χ3v) is 3.61. The average molecular weight is 395 g/mol. The van der Waals surface area contributed by atoms with Crippen molar-refractivity contribution >= 4 is 17.7 Å². The first-order valence-electron chi connectivity index (χ1n) is 8.92. The van der Waals surface area contributed by atoms with E-state index in [1.165, 1.54) is 10.7 Å². The Morgan fingerprint density at radius 3 is 2.55 bits per heavy atom. The van der Waals surface area contributed by atoms with E-state index in [1.54, 1.807) is 39.0 Å². The normalized spacial score (nSPS) is 11.0. The second kappa shape index (κ2) is 8.51. The maximum Gasteiger partial charge on any atom is 0.412 e.